The number of phosphoric acid groups is 2. The predicted molar refractivity (Wildman–Crippen MR) is 85.2 cm³/mol. The van der Waals surface area contributed by atoms with E-state index in [1.807, 2.05) is 0 Å². The molecule has 0 aromatic carbocycles. The Hall–Kier alpha value is -1.02. The van der Waals surface area contributed by atoms with E-state index in [0.29, 0.717) is 0 Å². The third-order valence-electron chi connectivity index (χ3n) is 3.54. The van der Waals surface area contributed by atoms with Crippen LogP contribution in [0.25, 0.3) is 11.2 Å². The Balaban J connectivity index is 1.75. The molecule has 0 radical (unpaired) electrons. The van der Waals surface area contributed by atoms with Gasteiger partial charge in [0.05, 0.1) is 12.9 Å². The summed E-state index contributed by atoms with van der Waals surface area (Å²) in [5, 5.41) is 20.3. The zero-order chi connectivity index (χ0) is 20.0. The topological polar surface area (TPSA) is 207 Å². The average Bonchev–Trinajstić information content (AvgIpc) is 3.07. The summed E-state index contributed by atoms with van der Waals surface area (Å²) in [4.78, 5) is 38.1. The van der Waals surface area contributed by atoms with E-state index in [0.717, 1.165) is 6.33 Å². The van der Waals surface area contributed by atoms with E-state index in [4.69, 9.17) is 26.1 Å². The minimum atomic E-state index is -5.29. The van der Waals surface area contributed by atoms with Crippen LogP contribution in [0.3, 0.4) is 0 Å². The van der Waals surface area contributed by atoms with Crippen LogP contribution in [0, 0.1) is 0 Å². The lowest BCUT2D eigenvalue weighted by Gasteiger charge is -2.17. The first-order valence-corrected chi connectivity index (χ1v) is 10.5. The quantitative estimate of drug-likeness (QED) is 0.276. The van der Waals surface area contributed by atoms with Crippen LogP contribution >= 0.6 is 27.2 Å². The highest BCUT2D eigenvalue weighted by atomic mass is 35.5. The molecule has 1 unspecified atom stereocenters. The fraction of sp³-hybridized carbons (Fsp3) is 0.500. The molecule has 0 spiro atoms. The van der Waals surface area contributed by atoms with E-state index in [-0.39, 0.29) is 16.3 Å². The van der Waals surface area contributed by atoms with Crippen molar-refractivity contribution in [1.29, 1.82) is 0 Å². The maximum atomic E-state index is 11.5. The van der Waals surface area contributed by atoms with Crippen LogP contribution in [-0.2, 0) is 22.7 Å². The largest absolute Gasteiger partial charge is 0.481 e. The number of nitrogens with zero attached hydrogens (tertiary/aromatic N) is 4. The Kier molecular flexibility index (Phi) is 5.70. The molecule has 3 heterocycles. The molecule has 0 amide bonds. The van der Waals surface area contributed by atoms with Crippen LogP contribution in [0.4, 0.5) is 0 Å². The van der Waals surface area contributed by atoms with Gasteiger partial charge in [0.25, 0.3) is 0 Å². The second-order valence-electron chi connectivity index (χ2n) is 5.37. The molecule has 1 fully saturated rings. The first kappa shape index (κ1) is 20.7. The summed E-state index contributed by atoms with van der Waals surface area (Å²) in [7, 11) is -10.4. The number of rotatable bonds is 6. The summed E-state index contributed by atoms with van der Waals surface area (Å²) in [6, 6.07) is 0. The van der Waals surface area contributed by atoms with Gasteiger partial charge < -0.3 is 29.6 Å². The minimum absolute atomic E-state index is 0.0578. The number of ether oxygens (including phenoxy) is 1. The van der Waals surface area contributed by atoms with Crippen molar-refractivity contribution in [1.82, 2.24) is 19.5 Å². The third kappa shape index (κ3) is 4.53. The summed E-state index contributed by atoms with van der Waals surface area (Å²) in [5.74, 6) is 0. The van der Waals surface area contributed by atoms with Crippen molar-refractivity contribution < 1.29 is 47.6 Å². The smallest absolute Gasteiger partial charge is 0.387 e. The molecule has 150 valence electrons. The highest BCUT2D eigenvalue weighted by Gasteiger charge is 2.46. The van der Waals surface area contributed by atoms with Gasteiger partial charge in [0.15, 0.2) is 17.0 Å². The number of fused-ring (bicyclic) bond motifs is 1. The molecule has 2 aromatic rings. The van der Waals surface area contributed by atoms with Crippen LogP contribution in [0.15, 0.2) is 12.7 Å². The summed E-state index contributed by atoms with van der Waals surface area (Å²) in [6.07, 6.45) is -3.22. The van der Waals surface area contributed by atoms with Gasteiger partial charge in [-0.1, -0.05) is 11.6 Å². The fourth-order valence-electron chi connectivity index (χ4n) is 2.43. The molecular formula is C10H13ClN4O10P2. The SMILES string of the molecule is O=P(O)(O)OP(=O)(O)OC[C@H]1O[C@@H](n2cnc3c(Cl)ncnc32)[C@H](O)[C@@H]1O. The van der Waals surface area contributed by atoms with Crippen molar-refractivity contribution in [2.45, 2.75) is 24.5 Å². The molecule has 5 N–H and O–H groups in total. The van der Waals surface area contributed by atoms with Crippen molar-refractivity contribution in [2.75, 3.05) is 6.61 Å². The van der Waals surface area contributed by atoms with Gasteiger partial charge in [-0.15, -0.1) is 0 Å². The van der Waals surface area contributed by atoms with Crippen molar-refractivity contribution in [3.05, 3.63) is 17.8 Å². The first-order valence-electron chi connectivity index (χ1n) is 7.07. The summed E-state index contributed by atoms with van der Waals surface area (Å²) < 4.78 is 36.8. The summed E-state index contributed by atoms with van der Waals surface area (Å²) >= 11 is 5.89. The molecule has 1 aliphatic heterocycles. The molecule has 1 aliphatic rings. The van der Waals surface area contributed by atoms with Crippen LogP contribution < -0.4 is 0 Å². The highest BCUT2D eigenvalue weighted by Crippen LogP contribution is 2.57. The number of halogens is 1. The molecule has 1 saturated heterocycles. The van der Waals surface area contributed by atoms with Crippen LogP contribution in [0.2, 0.25) is 5.15 Å². The minimum Gasteiger partial charge on any atom is -0.387 e. The Morgan fingerprint density at radius 1 is 1.19 bits per heavy atom. The second-order valence-corrected chi connectivity index (χ2v) is 8.56. The van der Waals surface area contributed by atoms with Gasteiger partial charge in [0, 0.05) is 0 Å². The Labute approximate surface area is 155 Å². The predicted octanol–water partition coefficient (Wildman–Crippen LogP) is -0.675. The summed E-state index contributed by atoms with van der Waals surface area (Å²) in [6.45, 7) is -0.815. The average molecular weight is 447 g/mol. The summed E-state index contributed by atoms with van der Waals surface area (Å²) in [5.41, 5.74) is 0.421. The Morgan fingerprint density at radius 2 is 1.89 bits per heavy atom. The van der Waals surface area contributed by atoms with Crippen LogP contribution in [0.5, 0.6) is 0 Å². The van der Waals surface area contributed by atoms with Crippen molar-refractivity contribution in [3.63, 3.8) is 0 Å². The number of phosphoric ester groups is 1. The second kappa shape index (κ2) is 7.43. The Morgan fingerprint density at radius 3 is 2.56 bits per heavy atom. The number of aromatic nitrogens is 4. The van der Waals surface area contributed by atoms with Gasteiger partial charge in [-0.25, -0.2) is 24.1 Å². The zero-order valence-electron chi connectivity index (χ0n) is 13.0. The van der Waals surface area contributed by atoms with E-state index in [2.05, 4.69) is 23.8 Å². The van der Waals surface area contributed by atoms with E-state index >= 15 is 0 Å². The molecule has 14 nitrogen and oxygen atoms in total. The maximum absolute atomic E-state index is 11.5. The molecule has 0 saturated carbocycles. The van der Waals surface area contributed by atoms with Gasteiger partial charge in [-0.2, -0.15) is 4.31 Å². The van der Waals surface area contributed by atoms with E-state index in [1.165, 1.54) is 10.9 Å². The molecule has 27 heavy (non-hydrogen) atoms. The van der Waals surface area contributed by atoms with Crippen LogP contribution in [-0.4, -0.2) is 69.3 Å². The Bertz CT molecular complexity index is 936. The number of aliphatic hydroxyl groups excluding tert-OH is 2. The number of imidazole rings is 1. The lowest BCUT2D eigenvalue weighted by atomic mass is 10.1. The molecule has 17 heteroatoms. The van der Waals surface area contributed by atoms with Crippen molar-refractivity contribution >= 4 is 38.4 Å². The molecule has 3 rings (SSSR count). The van der Waals surface area contributed by atoms with E-state index < -0.39 is 46.8 Å². The first-order chi connectivity index (χ1) is 12.5. The van der Waals surface area contributed by atoms with Crippen molar-refractivity contribution in [2.24, 2.45) is 0 Å². The molecular weight excluding hydrogens is 434 g/mol. The van der Waals surface area contributed by atoms with E-state index in [9.17, 15) is 24.2 Å². The monoisotopic (exact) mass is 446 g/mol. The standard InChI is InChI=1S/C10H13ClN4O10P2/c11-8-5-9(13-2-12-8)15(3-14-5)10-7(17)6(16)4(24-10)1-23-27(21,22)25-26(18,19)20/h2-4,6-7,10,16-17H,1H2,(H,21,22)(H2,18,19,20)/t4-,6-,7-,10-/m1/s1. The number of aliphatic hydroxyl groups is 2. The third-order valence-corrected chi connectivity index (χ3v) is 5.97. The number of hydrogen-bond donors (Lipinski definition) is 5. The van der Waals surface area contributed by atoms with Gasteiger partial charge >= 0.3 is 15.6 Å². The maximum Gasteiger partial charge on any atom is 0.481 e. The lowest BCUT2D eigenvalue weighted by Crippen LogP contribution is -2.33. The molecule has 5 atom stereocenters. The van der Waals surface area contributed by atoms with Gasteiger partial charge in [-0.3, -0.25) is 9.09 Å². The number of hydrogen-bond acceptors (Lipinski definition) is 10. The fourth-order valence-corrected chi connectivity index (χ4v) is 4.21. The molecule has 2 aromatic heterocycles. The van der Waals surface area contributed by atoms with Crippen molar-refractivity contribution in [3.8, 4) is 0 Å². The zero-order valence-corrected chi connectivity index (χ0v) is 15.6. The lowest BCUT2D eigenvalue weighted by molar-refractivity contribution is -0.0503. The van der Waals surface area contributed by atoms with Gasteiger partial charge in [0.2, 0.25) is 0 Å². The van der Waals surface area contributed by atoms with Gasteiger partial charge in [0.1, 0.15) is 30.2 Å². The van der Waals surface area contributed by atoms with Crippen LogP contribution in [0.1, 0.15) is 6.23 Å². The normalized spacial score (nSPS) is 28.5. The van der Waals surface area contributed by atoms with Gasteiger partial charge in [-0.05, 0) is 0 Å². The van der Waals surface area contributed by atoms with E-state index in [1.54, 1.807) is 0 Å². The highest BCUT2D eigenvalue weighted by molar-refractivity contribution is 7.60. The molecule has 0 aliphatic carbocycles. The molecule has 0 bridgehead atoms.